The van der Waals surface area contributed by atoms with Gasteiger partial charge in [-0.05, 0) is 47.9 Å². The average Bonchev–Trinajstić information content (AvgIpc) is 2.73. The zero-order valence-corrected chi connectivity index (χ0v) is 15.4. The molecule has 0 aliphatic carbocycles. The van der Waals surface area contributed by atoms with Crippen LogP contribution in [0.15, 0.2) is 78.9 Å². The third-order valence-electron chi connectivity index (χ3n) is 4.20. The fourth-order valence-corrected chi connectivity index (χ4v) is 2.68. The summed E-state index contributed by atoms with van der Waals surface area (Å²) in [5.41, 5.74) is 2.83. The Morgan fingerprint density at radius 2 is 1.63 bits per heavy atom. The summed E-state index contributed by atoms with van der Waals surface area (Å²) in [6.45, 7) is 1.05. The minimum absolute atomic E-state index is 0.103. The van der Waals surface area contributed by atoms with Crippen molar-refractivity contribution in [2.75, 3.05) is 13.7 Å². The molecule has 1 amide bonds. The number of rotatable bonds is 8. The van der Waals surface area contributed by atoms with E-state index in [9.17, 15) is 4.79 Å². The number of amides is 1. The van der Waals surface area contributed by atoms with E-state index in [1.165, 1.54) is 0 Å². The summed E-state index contributed by atoms with van der Waals surface area (Å²) in [6, 6.07) is 25.0. The Morgan fingerprint density at radius 3 is 2.37 bits per heavy atom. The molecule has 0 atom stereocenters. The molecule has 4 heteroatoms. The van der Waals surface area contributed by atoms with Crippen LogP contribution in [0.1, 0.15) is 21.5 Å². The van der Waals surface area contributed by atoms with Gasteiger partial charge in [0, 0.05) is 12.1 Å². The number of ether oxygens (including phenoxy) is 2. The number of carbonyl (C=O) groups excluding carboxylic acids is 1. The molecule has 3 aromatic rings. The minimum Gasteiger partial charge on any atom is -0.497 e. The molecule has 3 rings (SSSR count). The SMILES string of the molecule is COc1ccc(CCNC(=O)c2cccc(OCc3ccccc3)c2)cc1. The molecule has 0 aliphatic heterocycles. The van der Waals surface area contributed by atoms with E-state index in [0.717, 1.165) is 23.3 Å². The number of benzene rings is 3. The molecule has 27 heavy (non-hydrogen) atoms. The second-order valence-electron chi connectivity index (χ2n) is 6.16. The lowest BCUT2D eigenvalue weighted by atomic mass is 10.1. The van der Waals surface area contributed by atoms with Crippen LogP contribution in [0.4, 0.5) is 0 Å². The Kier molecular flexibility index (Phi) is 6.47. The lowest BCUT2D eigenvalue weighted by Crippen LogP contribution is -2.25. The van der Waals surface area contributed by atoms with E-state index in [1.54, 1.807) is 19.2 Å². The molecular formula is C23H23NO3. The second kappa shape index (κ2) is 9.43. The Morgan fingerprint density at radius 1 is 0.852 bits per heavy atom. The van der Waals surface area contributed by atoms with Gasteiger partial charge in [0.05, 0.1) is 7.11 Å². The van der Waals surface area contributed by atoms with Gasteiger partial charge in [-0.3, -0.25) is 4.79 Å². The van der Waals surface area contributed by atoms with Crippen LogP contribution >= 0.6 is 0 Å². The normalized spacial score (nSPS) is 10.3. The van der Waals surface area contributed by atoms with Crippen LogP contribution in [0, 0.1) is 0 Å². The average molecular weight is 361 g/mol. The maximum absolute atomic E-state index is 12.4. The number of hydrogen-bond donors (Lipinski definition) is 1. The zero-order valence-electron chi connectivity index (χ0n) is 15.4. The highest BCUT2D eigenvalue weighted by Gasteiger charge is 2.07. The fraction of sp³-hybridized carbons (Fsp3) is 0.174. The van der Waals surface area contributed by atoms with E-state index in [0.29, 0.717) is 24.5 Å². The first-order valence-electron chi connectivity index (χ1n) is 8.92. The van der Waals surface area contributed by atoms with Gasteiger partial charge in [-0.1, -0.05) is 48.5 Å². The molecule has 0 radical (unpaired) electrons. The molecule has 0 heterocycles. The van der Waals surface area contributed by atoms with E-state index >= 15 is 0 Å². The van der Waals surface area contributed by atoms with Crippen molar-refractivity contribution in [1.82, 2.24) is 5.32 Å². The molecule has 0 saturated carbocycles. The molecule has 0 fully saturated rings. The van der Waals surface area contributed by atoms with Gasteiger partial charge in [-0.2, -0.15) is 0 Å². The van der Waals surface area contributed by atoms with Crippen molar-refractivity contribution in [1.29, 1.82) is 0 Å². The van der Waals surface area contributed by atoms with Gasteiger partial charge in [0.1, 0.15) is 18.1 Å². The van der Waals surface area contributed by atoms with Gasteiger partial charge >= 0.3 is 0 Å². The third kappa shape index (κ3) is 5.61. The summed E-state index contributed by atoms with van der Waals surface area (Å²) >= 11 is 0. The molecule has 0 spiro atoms. The van der Waals surface area contributed by atoms with Gasteiger partial charge in [-0.25, -0.2) is 0 Å². The summed E-state index contributed by atoms with van der Waals surface area (Å²) in [5, 5.41) is 2.95. The van der Waals surface area contributed by atoms with Crippen molar-refractivity contribution in [2.45, 2.75) is 13.0 Å². The Hall–Kier alpha value is -3.27. The van der Waals surface area contributed by atoms with Crippen LogP contribution in [-0.4, -0.2) is 19.6 Å². The van der Waals surface area contributed by atoms with Crippen LogP contribution in [0.3, 0.4) is 0 Å². The van der Waals surface area contributed by atoms with Crippen molar-refractivity contribution in [3.8, 4) is 11.5 Å². The van der Waals surface area contributed by atoms with Crippen molar-refractivity contribution < 1.29 is 14.3 Å². The summed E-state index contributed by atoms with van der Waals surface area (Å²) < 4.78 is 10.9. The highest BCUT2D eigenvalue weighted by atomic mass is 16.5. The van der Waals surface area contributed by atoms with Gasteiger partial charge in [0.15, 0.2) is 0 Å². The first-order chi connectivity index (χ1) is 13.2. The molecule has 3 aromatic carbocycles. The van der Waals surface area contributed by atoms with Crippen LogP contribution < -0.4 is 14.8 Å². The zero-order chi connectivity index (χ0) is 18.9. The van der Waals surface area contributed by atoms with E-state index in [4.69, 9.17) is 9.47 Å². The number of methoxy groups -OCH3 is 1. The lowest BCUT2D eigenvalue weighted by molar-refractivity contribution is 0.0953. The molecular weight excluding hydrogens is 338 g/mol. The summed E-state index contributed by atoms with van der Waals surface area (Å²) in [5.74, 6) is 1.41. The Balaban J connectivity index is 1.50. The molecule has 0 unspecified atom stereocenters. The Labute approximate surface area is 159 Å². The molecule has 0 saturated heterocycles. The predicted octanol–water partition coefficient (Wildman–Crippen LogP) is 4.25. The summed E-state index contributed by atoms with van der Waals surface area (Å²) in [6.07, 6.45) is 0.764. The third-order valence-corrected chi connectivity index (χ3v) is 4.20. The predicted molar refractivity (Wildman–Crippen MR) is 106 cm³/mol. The highest BCUT2D eigenvalue weighted by Crippen LogP contribution is 2.15. The summed E-state index contributed by atoms with van der Waals surface area (Å²) in [7, 11) is 1.65. The minimum atomic E-state index is -0.103. The van der Waals surface area contributed by atoms with Crippen LogP contribution in [0.2, 0.25) is 0 Å². The lowest BCUT2D eigenvalue weighted by Gasteiger charge is -2.09. The van der Waals surface area contributed by atoms with Gasteiger partial charge in [-0.15, -0.1) is 0 Å². The van der Waals surface area contributed by atoms with E-state index < -0.39 is 0 Å². The molecule has 138 valence electrons. The van der Waals surface area contributed by atoms with Gasteiger partial charge in [0.25, 0.3) is 5.91 Å². The molecule has 0 bridgehead atoms. The first kappa shape index (κ1) is 18.5. The van der Waals surface area contributed by atoms with Crippen LogP contribution in [-0.2, 0) is 13.0 Å². The van der Waals surface area contributed by atoms with Crippen molar-refractivity contribution in [2.24, 2.45) is 0 Å². The second-order valence-corrected chi connectivity index (χ2v) is 6.16. The highest BCUT2D eigenvalue weighted by molar-refractivity contribution is 5.94. The number of hydrogen-bond acceptors (Lipinski definition) is 3. The van der Waals surface area contributed by atoms with E-state index in [1.807, 2.05) is 66.7 Å². The fourth-order valence-electron chi connectivity index (χ4n) is 2.68. The van der Waals surface area contributed by atoms with Crippen molar-refractivity contribution in [3.63, 3.8) is 0 Å². The topological polar surface area (TPSA) is 47.6 Å². The number of nitrogens with one attached hydrogen (secondary N) is 1. The molecule has 1 N–H and O–H groups in total. The number of carbonyl (C=O) groups is 1. The molecule has 0 aliphatic rings. The van der Waals surface area contributed by atoms with Gasteiger partial charge < -0.3 is 14.8 Å². The van der Waals surface area contributed by atoms with Crippen LogP contribution in [0.25, 0.3) is 0 Å². The van der Waals surface area contributed by atoms with Crippen molar-refractivity contribution >= 4 is 5.91 Å². The largest absolute Gasteiger partial charge is 0.497 e. The molecule has 4 nitrogen and oxygen atoms in total. The monoisotopic (exact) mass is 361 g/mol. The van der Waals surface area contributed by atoms with Crippen LogP contribution in [0.5, 0.6) is 11.5 Å². The van der Waals surface area contributed by atoms with E-state index in [2.05, 4.69) is 5.32 Å². The molecule has 0 aromatic heterocycles. The standard InChI is InChI=1S/C23H23NO3/c1-26-21-12-10-18(11-13-21)14-15-24-23(25)20-8-5-9-22(16-20)27-17-19-6-3-2-4-7-19/h2-13,16H,14-15,17H2,1H3,(H,24,25). The van der Waals surface area contributed by atoms with Gasteiger partial charge in [0.2, 0.25) is 0 Å². The first-order valence-corrected chi connectivity index (χ1v) is 8.92. The van der Waals surface area contributed by atoms with E-state index in [-0.39, 0.29) is 5.91 Å². The maximum atomic E-state index is 12.4. The smallest absolute Gasteiger partial charge is 0.251 e. The Bertz CT molecular complexity index is 860. The summed E-state index contributed by atoms with van der Waals surface area (Å²) in [4.78, 5) is 12.4. The van der Waals surface area contributed by atoms with Crippen molar-refractivity contribution in [3.05, 3.63) is 95.6 Å². The quantitative estimate of drug-likeness (QED) is 0.653. The maximum Gasteiger partial charge on any atom is 0.251 e.